The monoisotopic (exact) mass is 1720 g/mol. The average Bonchev–Trinajstić information content (AvgIpc) is 1.57. The number of rotatable bonds is 12. The van der Waals surface area contributed by atoms with Crippen molar-refractivity contribution < 1.29 is 0 Å². The lowest BCUT2D eigenvalue weighted by molar-refractivity contribution is 1.05. The normalized spacial score (nSPS) is 11.6. The molecule has 0 amide bonds. The largest absolute Gasteiger partial charge is 0.294 e. The van der Waals surface area contributed by atoms with Crippen LogP contribution in [-0.4, -0.2) is 43.6 Å². The molecular weight excluding hydrogens is 1640 g/mol. The number of hydrogen-bond donors (Lipinski definition) is 0. The van der Waals surface area contributed by atoms with E-state index < -0.39 is 0 Å². The molecule has 0 spiro atoms. The third-order valence-corrected chi connectivity index (χ3v) is 26.4. The fourth-order valence-corrected chi connectivity index (χ4v) is 19.9. The zero-order valence-corrected chi connectivity index (χ0v) is 73.3. The van der Waals surface area contributed by atoms with Gasteiger partial charge in [0.2, 0.25) is 0 Å². The predicted octanol–water partition coefficient (Wildman–Crippen LogP) is 32.6. The van der Waals surface area contributed by atoms with Crippen molar-refractivity contribution in [2.24, 2.45) is 0 Å². The van der Waals surface area contributed by atoms with Crippen LogP contribution < -0.4 is 0 Å². The van der Waals surface area contributed by atoms with E-state index in [9.17, 15) is 0 Å². The third-order valence-electron chi connectivity index (χ3n) is 26.4. The fraction of sp³-hybridized carbons (Fsp3) is 0. The lowest BCUT2D eigenvalue weighted by atomic mass is 9.95. The summed E-state index contributed by atoms with van der Waals surface area (Å²) in [5.41, 5.74) is 22.9. The number of hydrogen-bond acceptors (Lipinski definition) is 6. The minimum atomic E-state index is 0.705. The molecule has 6 heterocycles. The van der Waals surface area contributed by atoms with Gasteiger partial charge >= 0.3 is 0 Å². The first kappa shape index (κ1) is 79.0. The summed E-state index contributed by atoms with van der Waals surface area (Å²) >= 11 is 0. The molecule has 0 aliphatic carbocycles. The van der Waals surface area contributed by atoms with Crippen LogP contribution in [0.2, 0.25) is 0 Å². The van der Waals surface area contributed by atoms with E-state index in [0.29, 0.717) is 17.5 Å². The van der Waals surface area contributed by atoms with Crippen molar-refractivity contribution in [1.29, 1.82) is 0 Å². The molecule has 0 aliphatic rings. The molecule has 630 valence electrons. The molecule has 0 aliphatic heterocycles. The van der Waals surface area contributed by atoms with Gasteiger partial charge in [0.05, 0.1) is 50.2 Å². The van der Waals surface area contributed by atoms with Crippen molar-refractivity contribution in [3.63, 3.8) is 0 Å². The van der Waals surface area contributed by atoms with Gasteiger partial charge in [-0.3, -0.25) is 13.7 Å². The van der Waals surface area contributed by atoms with Crippen molar-refractivity contribution >= 4 is 130 Å². The number of para-hydroxylation sites is 3. The summed E-state index contributed by atoms with van der Waals surface area (Å²) in [4.78, 5) is 30.7. The first-order valence-corrected chi connectivity index (χ1v) is 45.8. The van der Waals surface area contributed by atoms with E-state index in [2.05, 4.69) is 432 Å². The molecule has 0 fully saturated rings. The molecule has 0 radical (unpaired) electrons. The van der Waals surface area contributed by atoms with Crippen LogP contribution in [0.1, 0.15) is 0 Å². The molecule has 9 nitrogen and oxygen atoms in total. The second-order valence-electron chi connectivity index (χ2n) is 34.4. The van der Waals surface area contributed by atoms with E-state index in [1.54, 1.807) is 0 Å². The van der Waals surface area contributed by atoms with E-state index in [0.717, 1.165) is 101 Å². The molecule has 27 aromatic rings. The quantitative estimate of drug-likeness (QED) is 0.121. The third kappa shape index (κ3) is 14.5. The maximum Gasteiger partial charge on any atom is 0.162 e. The topological polar surface area (TPSA) is 92.1 Å². The Bertz CT molecular complexity index is 9110. The average molecular weight is 1720 g/mol. The molecule has 6 aromatic heterocycles. The second-order valence-corrected chi connectivity index (χ2v) is 34.4. The van der Waals surface area contributed by atoms with Gasteiger partial charge in [-0.15, -0.1) is 0 Å². The van der Waals surface area contributed by atoms with E-state index in [-0.39, 0.29) is 0 Å². The Morgan fingerprint density at radius 1 is 0.133 bits per heavy atom. The standard InChI is InChI=1S/3C42H27N3/c1-3-13-30(14-4-1)37-27-40(44-42(43-37)31-15-5-2-6-16-31)45-38-21-10-9-19-35(38)41-36-26-32(23-22-29(36)24-25-39(41)45)34-20-11-17-28-12-7-8-18-33(28)34;1-3-12-30(13-4-1)37-27-40(44-42(43-37)31-14-5-2-6-15-31)45-38-18-10-9-17-35(38)41-36-26-34(22-20-29(36)23-24-39(41)45)33-21-19-28-11-7-8-16-32(28)25-33;1-3-12-29(13-4-1)37-27-40(44-42(43-37)30-14-5-2-6-15-30)45-38-18-10-9-17-36(38)41-35-23-21-33(26-34(35)22-24-39(41)45)32-20-19-28-11-7-8-16-31(28)25-32/h3*1-27H. The molecule has 9 heteroatoms. The van der Waals surface area contributed by atoms with Gasteiger partial charge in [0.1, 0.15) is 17.5 Å². The van der Waals surface area contributed by atoms with Gasteiger partial charge in [-0.05, 0) is 165 Å². The Balaban J connectivity index is 0.000000108. The van der Waals surface area contributed by atoms with Crippen LogP contribution in [0.25, 0.3) is 249 Å². The molecular formula is C126H81N9. The van der Waals surface area contributed by atoms with Crippen molar-refractivity contribution in [2.45, 2.75) is 0 Å². The lowest BCUT2D eigenvalue weighted by Crippen LogP contribution is -2.02. The zero-order chi connectivity index (χ0) is 89.2. The number of fused-ring (bicyclic) bond motifs is 18. The van der Waals surface area contributed by atoms with Crippen LogP contribution in [0.5, 0.6) is 0 Å². The highest BCUT2D eigenvalue weighted by Crippen LogP contribution is 2.45. The Kier molecular flexibility index (Phi) is 19.7. The number of benzene rings is 21. The maximum absolute atomic E-state index is 5.20. The van der Waals surface area contributed by atoms with Crippen LogP contribution >= 0.6 is 0 Å². The van der Waals surface area contributed by atoms with E-state index in [1.807, 2.05) is 72.8 Å². The molecule has 0 bridgehead atoms. The van der Waals surface area contributed by atoms with Crippen molar-refractivity contribution in [1.82, 2.24) is 43.6 Å². The second kappa shape index (κ2) is 33.7. The van der Waals surface area contributed by atoms with Crippen LogP contribution in [0.3, 0.4) is 0 Å². The fourth-order valence-electron chi connectivity index (χ4n) is 19.9. The molecule has 0 unspecified atom stereocenters. The summed E-state index contributed by atoms with van der Waals surface area (Å²) in [6.07, 6.45) is 0. The highest BCUT2D eigenvalue weighted by atomic mass is 15.1. The van der Waals surface area contributed by atoms with Crippen molar-refractivity contribution in [2.75, 3.05) is 0 Å². The van der Waals surface area contributed by atoms with Gasteiger partial charge < -0.3 is 0 Å². The summed E-state index contributed by atoms with van der Waals surface area (Å²) in [7, 11) is 0. The smallest absolute Gasteiger partial charge is 0.162 e. The maximum atomic E-state index is 5.20. The van der Waals surface area contributed by atoms with Gasteiger partial charge in [-0.2, -0.15) is 0 Å². The lowest BCUT2D eigenvalue weighted by Gasteiger charge is -2.12. The summed E-state index contributed by atoms with van der Waals surface area (Å²) < 4.78 is 6.89. The molecule has 0 saturated carbocycles. The van der Waals surface area contributed by atoms with E-state index in [4.69, 9.17) is 29.9 Å². The molecule has 0 saturated heterocycles. The molecule has 0 atom stereocenters. The van der Waals surface area contributed by atoms with Gasteiger partial charge in [0.15, 0.2) is 17.5 Å². The minimum absolute atomic E-state index is 0.705. The van der Waals surface area contributed by atoms with E-state index >= 15 is 0 Å². The Morgan fingerprint density at radius 3 is 0.815 bits per heavy atom. The van der Waals surface area contributed by atoms with Gasteiger partial charge in [0, 0.05) is 83.9 Å². The van der Waals surface area contributed by atoms with Gasteiger partial charge in [-0.25, -0.2) is 29.9 Å². The number of aromatic nitrogens is 9. The van der Waals surface area contributed by atoms with Crippen LogP contribution in [0, 0.1) is 0 Å². The Labute approximate surface area is 778 Å². The first-order valence-electron chi connectivity index (χ1n) is 45.8. The molecule has 21 aromatic carbocycles. The summed E-state index contributed by atoms with van der Waals surface area (Å²) in [6.45, 7) is 0. The molecule has 135 heavy (non-hydrogen) atoms. The van der Waals surface area contributed by atoms with Crippen LogP contribution in [-0.2, 0) is 0 Å². The van der Waals surface area contributed by atoms with Gasteiger partial charge in [0.25, 0.3) is 0 Å². The summed E-state index contributed by atoms with van der Waals surface area (Å²) in [5.74, 6) is 4.66. The Hall–Kier alpha value is -18.2. The molecule has 27 rings (SSSR count). The minimum Gasteiger partial charge on any atom is -0.294 e. The number of nitrogens with zero attached hydrogens (tertiary/aromatic N) is 9. The first-order chi connectivity index (χ1) is 66.9. The highest BCUT2D eigenvalue weighted by Gasteiger charge is 2.24. The van der Waals surface area contributed by atoms with Crippen LogP contribution in [0.15, 0.2) is 491 Å². The highest BCUT2D eigenvalue weighted by molar-refractivity contribution is 6.25. The van der Waals surface area contributed by atoms with Gasteiger partial charge in [-0.1, -0.05) is 406 Å². The summed E-state index contributed by atoms with van der Waals surface area (Å²) in [5, 5.41) is 22.2. The SMILES string of the molecule is c1ccc(-c2cc(-n3c4ccccc4c4c5cc(-c6ccc7ccccc7c6)ccc5ccc43)nc(-c3ccccc3)n2)cc1.c1ccc(-c2cc(-n3c4ccccc4c4c5cc(-c6cccc7ccccc67)ccc5ccc43)nc(-c3ccccc3)n2)cc1.c1ccc(-c2cc(-n3c4ccccc4c4c5ccc(-c6ccc7ccccc7c6)cc5ccc43)nc(-c3ccccc3)n2)cc1. The zero-order valence-electron chi connectivity index (χ0n) is 73.3. The predicted molar refractivity (Wildman–Crippen MR) is 563 cm³/mol. The van der Waals surface area contributed by atoms with Crippen LogP contribution in [0.4, 0.5) is 0 Å². The molecule has 0 N–H and O–H groups in total. The summed E-state index contributed by atoms with van der Waals surface area (Å²) in [6, 6.07) is 174. The van der Waals surface area contributed by atoms with E-state index in [1.165, 1.54) is 130 Å². The van der Waals surface area contributed by atoms with Crippen molar-refractivity contribution in [3.05, 3.63) is 491 Å². The van der Waals surface area contributed by atoms with Crippen molar-refractivity contribution in [3.8, 4) is 119 Å². The Morgan fingerprint density at radius 2 is 0.407 bits per heavy atom.